The highest BCUT2D eigenvalue weighted by atomic mass is 35.5. The normalized spacial score (nSPS) is 10.3. The SMILES string of the molecule is Cc1ccc(CNC(=O)c2cncc(C(=O)Nc3ccccc3Cl)c2)cc1. The van der Waals surface area contributed by atoms with E-state index in [-0.39, 0.29) is 17.4 Å². The molecule has 0 bridgehead atoms. The lowest BCUT2D eigenvalue weighted by molar-refractivity contribution is 0.0950. The third-order valence-corrected chi connectivity index (χ3v) is 4.29. The topological polar surface area (TPSA) is 71.1 Å². The first kappa shape index (κ1) is 18.6. The molecule has 3 aromatic rings. The lowest BCUT2D eigenvalue weighted by Gasteiger charge is -2.09. The average molecular weight is 380 g/mol. The Bertz CT molecular complexity index is 971. The number of nitrogens with one attached hydrogen (secondary N) is 2. The van der Waals surface area contributed by atoms with Gasteiger partial charge in [0.15, 0.2) is 0 Å². The van der Waals surface area contributed by atoms with Crippen molar-refractivity contribution in [2.45, 2.75) is 13.5 Å². The number of halogens is 1. The summed E-state index contributed by atoms with van der Waals surface area (Å²) in [4.78, 5) is 28.8. The van der Waals surface area contributed by atoms with Crippen molar-refractivity contribution in [2.75, 3.05) is 5.32 Å². The Hall–Kier alpha value is -3.18. The van der Waals surface area contributed by atoms with Crippen LogP contribution in [0.1, 0.15) is 31.8 Å². The number of hydrogen-bond acceptors (Lipinski definition) is 3. The third-order valence-electron chi connectivity index (χ3n) is 3.96. The van der Waals surface area contributed by atoms with E-state index in [1.54, 1.807) is 24.3 Å². The van der Waals surface area contributed by atoms with E-state index in [1.165, 1.54) is 18.5 Å². The second kappa shape index (κ2) is 8.47. The van der Waals surface area contributed by atoms with Crippen molar-refractivity contribution < 1.29 is 9.59 Å². The molecule has 0 aliphatic rings. The first-order chi connectivity index (χ1) is 13.0. The molecule has 27 heavy (non-hydrogen) atoms. The summed E-state index contributed by atoms with van der Waals surface area (Å²) in [7, 11) is 0. The molecule has 3 rings (SSSR count). The number of carbonyl (C=O) groups excluding carboxylic acids is 2. The highest BCUT2D eigenvalue weighted by molar-refractivity contribution is 6.33. The van der Waals surface area contributed by atoms with Gasteiger partial charge >= 0.3 is 0 Å². The zero-order valence-corrected chi connectivity index (χ0v) is 15.5. The summed E-state index contributed by atoms with van der Waals surface area (Å²) >= 11 is 6.05. The lowest BCUT2D eigenvalue weighted by Crippen LogP contribution is -2.23. The second-order valence-electron chi connectivity index (χ2n) is 6.06. The summed E-state index contributed by atoms with van der Waals surface area (Å²) < 4.78 is 0. The van der Waals surface area contributed by atoms with Crippen LogP contribution in [0.2, 0.25) is 5.02 Å². The number of aryl methyl sites for hydroxylation is 1. The Morgan fingerprint density at radius 2 is 1.63 bits per heavy atom. The Morgan fingerprint density at radius 3 is 2.33 bits per heavy atom. The summed E-state index contributed by atoms with van der Waals surface area (Å²) in [6.07, 6.45) is 2.83. The molecule has 0 radical (unpaired) electrons. The average Bonchev–Trinajstić information content (AvgIpc) is 2.69. The standard InChI is InChI=1S/C21H18ClN3O2/c1-14-6-8-15(9-7-14)11-24-20(26)16-10-17(13-23-12-16)21(27)25-19-5-3-2-4-18(19)22/h2-10,12-13H,11H2,1H3,(H,24,26)(H,25,27). The summed E-state index contributed by atoms with van der Waals surface area (Å²) in [5, 5.41) is 5.98. The monoisotopic (exact) mass is 379 g/mol. The van der Waals surface area contributed by atoms with Crippen molar-refractivity contribution in [3.63, 3.8) is 0 Å². The van der Waals surface area contributed by atoms with Crippen LogP contribution < -0.4 is 10.6 Å². The van der Waals surface area contributed by atoms with E-state index in [9.17, 15) is 9.59 Å². The van der Waals surface area contributed by atoms with Crippen LogP contribution in [0.15, 0.2) is 67.0 Å². The first-order valence-corrected chi connectivity index (χ1v) is 8.75. The Balaban J connectivity index is 1.67. The maximum absolute atomic E-state index is 12.4. The van der Waals surface area contributed by atoms with Gasteiger partial charge in [0.1, 0.15) is 0 Å². The molecule has 0 saturated carbocycles. The Kier molecular flexibility index (Phi) is 5.84. The number of nitrogens with zero attached hydrogens (tertiary/aromatic N) is 1. The number of benzene rings is 2. The van der Waals surface area contributed by atoms with E-state index < -0.39 is 0 Å². The van der Waals surface area contributed by atoms with Crippen LogP contribution >= 0.6 is 11.6 Å². The van der Waals surface area contributed by atoms with Crippen LogP contribution in [0, 0.1) is 6.92 Å². The van der Waals surface area contributed by atoms with Crippen LogP contribution in [-0.4, -0.2) is 16.8 Å². The van der Waals surface area contributed by atoms with Crippen molar-refractivity contribution >= 4 is 29.1 Å². The molecule has 0 unspecified atom stereocenters. The number of para-hydroxylation sites is 1. The first-order valence-electron chi connectivity index (χ1n) is 8.37. The number of hydrogen-bond donors (Lipinski definition) is 2. The highest BCUT2D eigenvalue weighted by Gasteiger charge is 2.12. The highest BCUT2D eigenvalue weighted by Crippen LogP contribution is 2.21. The van der Waals surface area contributed by atoms with Gasteiger partial charge in [-0.25, -0.2) is 0 Å². The zero-order chi connectivity index (χ0) is 19.2. The Morgan fingerprint density at radius 1 is 0.963 bits per heavy atom. The van der Waals surface area contributed by atoms with Gasteiger partial charge in [0, 0.05) is 18.9 Å². The molecular formula is C21H18ClN3O2. The van der Waals surface area contributed by atoms with Gasteiger partial charge in [0.25, 0.3) is 11.8 Å². The van der Waals surface area contributed by atoms with Crippen molar-refractivity contribution in [1.82, 2.24) is 10.3 Å². The molecule has 0 fully saturated rings. The number of rotatable bonds is 5. The number of pyridine rings is 1. The van der Waals surface area contributed by atoms with Gasteiger partial charge in [-0.15, -0.1) is 0 Å². The van der Waals surface area contributed by atoms with Gasteiger partial charge in [-0.2, -0.15) is 0 Å². The van der Waals surface area contributed by atoms with Gasteiger partial charge < -0.3 is 10.6 Å². The van der Waals surface area contributed by atoms with E-state index in [4.69, 9.17) is 11.6 Å². The molecule has 2 amide bonds. The summed E-state index contributed by atoms with van der Waals surface area (Å²) in [6, 6.07) is 16.3. The summed E-state index contributed by atoms with van der Waals surface area (Å²) in [5.74, 6) is -0.681. The second-order valence-corrected chi connectivity index (χ2v) is 6.47. The molecule has 2 aromatic carbocycles. The molecule has 0 aliphatic heterocycles. The van der Waals surface area contributed by atoms with Crippen LogP contribution in [0.3, 0.4) is 0 Å². The van der Waals surface area contributed by atoms with Crippen molar-refractivity contribution in [3.05, 3.63) is 94.3 Å². The fraction of sp³-hybridized carbons (Fsp3) is 0.0952. The maximum atomic E-state index is 12.4. The molecule has 1 aromatic heterocycles. The minimum absolute atomic E-state index is 0.276. The molecule has 0 spiro atoms. The number of aromatic nitrogens is 1. The van der Waals surface area contributed by atoms with Gasteiger partial charge in [0.2, 0.25) is 0 Å². The maximum Gasteiger partial charge on any atom is 0.257 e. The quantitative estimate of drug-likeness (QED) is 0.697. The van der Waals surface area contributed by atoms with Gasteiger partial charge in [0.05, 0.1) is 21.8 Å². The predicted molar refractivity (Wildman–Crippen MR) is 106 cm³/mol. The number of anilines is 1. The van der Waals surface area contributed by atoms with E-state index in [0.29, 0.717) is 22.8 Å². The van der Waals surface area contributed by atoms with Crippen molar-refractivity contribution in [1.29, 1.82) is 0 Å². The predicted octanol–water partition coefficient (Wildman–Crippen LogP) is 4.23. The van der Waals surface area contributed by atoms with Gasteiger partial charge in [-0.1, -0.05) is 53.6 Å². The van der Waals surface area contributed by atoms with E-state index >= 15 is 0 Å². The zero-order valence-electron chi connectivity index (χ0n) is 14.7. The van der Waals surface area contributed by atoms with Crippen LogP contribution in [0.25, 0.3) is 0 Å². The van der Waals surface area contributed by atoms with Crippen LogP contribution in [0.5, 0.6) is 0 Å². The van der Waals surface area contributed by atoms with Crippen molar-refractivity contribution in [2.24, 2.45) is 0 Å². The minimum atomic E-state index is -0.385. The number of amides is 2. The molecule has 5 nitrogen and oxygen atoms in total. The number of carbonyl (C=O) groups is 2. The third kappa shape index (κ3) is 4.92. The molecule has 0 saturated heterocycles. The van der Waals surface area contributed by atoms with Gasteiger partial charge in [-0.3, -0.25) is 14.6 Å². The summed E-state index contributed by atoms with van der Waals surface area (Å²) in [5.41, 5.74) is 3.24. The van der Waals surface area contributed by atoms with Crippen LogP contribution in [0.4, 0.5) is 5.69 Å². The molecule has 6 heteroatoms. The van der Waals surface area contributed by atoms with Crippen molar-refractivity contribution in [3.8, 4) is 0 Å². The fourth-order valence-corrected chi connectivity index (χ4v) is 2.62. The molecule has 136 valence electrons. The van der Waals surface area contributed by atoms with Crippen LogP contribution in [-0.2, 0) is 6.54 Å². The lowest BCUT2D eigenvalue weighted by atomic mass is 10.1. The largest absolute Gasteiger partial charge is 0.348 e. The molecule has 0 aliphatic carbocycles. The van der Waals surface area contributed by atoms with E-state index in [0.717, 1.165) is 11.1 Å². The summed E-state index contributed by atoms with van der Waals surface area (Å²) in [6.45, 7) is 2.41. The minimum Gasteiger partial charge on any atom is -0.348 e. The fourth-order valence-electron chi connectivity index (χ4n) is 2.44. The molecule has 2 N–H and O–H groups in total. The molecule has 0 atom stereocenters. The van der Waals surface area contributed by atoms with E-state index in [2.05, 4.69) is 15.6 Å². The van der Waals surface area contributed by atoms with E-state index in [1.807, 2.05) is 31.2 Å². The Labute approximate surface area is 162 Å². The van der Waals surface area contributed by atoms with Gasteiger partial charge in [-0.05, 0) is 30.7 Å². The molecular weight excluding hydrogens is 362 g/mol. The smallest absolute Gasteiger partial charge is 0.257 e. The molecule has 1 heterocycles.